The van der Waals surface area contributed by atoms with Crippen LogP contribution in [0.15, 0.2) is 12.7 Å². The number of hydrogen-bond donors (Lipinski definition) is 2. The number of nitrogens with zero attached hydrogens (tertiary/aromatic N) is 1. The number of rotatable bonds is 11. The second-order valence-corrected chi connectivity index (χ2v) is 8.52. The van der Waals surface area contributed by atoms with Crippen molar-refractivity contribution in [3.63, 3.8) is 0 Å². The van der Waals surface area contributed by atoms with Crippen molar-refractivity contribution in [2.75, 3.05) is 39.5 Å². The van der Waals surface area contributed by atoms with Crippen LogP contribution in [0.4, 0.5) is 0 Å². The average Bonchev–Trinajstić information content (AvgIpc) is 2.38. The molecule has 2 amide bonds. The van der Waals surface area contributed by atoms with Gasteiger partial charge >= 0.3 is 0 Å². The average molecular weight is 363 g/mol. The predicted molar refractivity (Wildman–Crippen MR) is 91.1 cm³/mol. The fourth-order valence-electron chi connectivity index (χ4n) is 2.22. The monoisotopic (exact) mass is 363 g/mol. The van der Waals surface area contributed by atoms with Gasteiger partial charge in [-0.25, -0.2) is 8.42 Å². The number of nitrogens with one attached hydrogen (secondary N) is 2. The van der Waals surface area contributed by atoms with Crippen molar-refractivity contribution in [2.24, 2.45) is 0 Å². The van der Waals surface area contributed by atoms with Crippen LogP contribution in [0, 0.1) is 0 Å². The van der Waals surface area contributed by atoms with E-state index < -0.39 is 21.4 Å². The Labute approximate surface area is 144 Å². The summed E-state index contributed by atoms with van der Waals surface area (Å²) in [4.78, 5) is 23.0. The first-order valence-corrected chi connectivity index (χ1v) is 9.31. The molecule has 0 radical (unpaired) electrons. The van der Waals surface area contributed by atoms with Crippen LogP contribution in [-0.2, 0) is 19.7 Å². The lowest BCUT2D eigenvalue weighted by Gasteiger charge is -2.31. The summed E-state index contributed by atoms with van der Waals surface area (Å²) in [6.07, 6.45) is 2.19. The zero-order valence-electron chi connectivity index (χ0n) is 14.9. The highest BCUT2D eigenvalue weighted by atomic mass is 32.2. The maximum atomic E-state index is 12.0. The molecule has 0 fully saturated rings. The van der Waals surface area contributed by atoms with Gasteiger partial charge in [0.15, 0.2) is 0 Å². The highest BCUT2D eigenvalue weighted by Gasteiger charge is 2.25. The predicted octanol–water partition coefficient (Wildman–Crippen LogP) is -0.415. The molecule has 24 heavy (non-hydrogen) atoms. The van der Waals surface area contributed by atoms with Crippen molar-refractivity contribution < 1.29 is 27.0 Å². The van der Waals surface area contributed by atoms with Crippen LogP contribution in [0.25, 0.3) is 0 Å². The van der Waals surface area contributed by atoms with Crippen molar-refractivity contribution in [1.82, 2.24) is 10.6 Å². The Kier molecular flexibility index (Phi) is 8.59. The van der Waals surface area contributed by atoms with E-state index in [1.165, 1.54) is 19.9 Å². The van der Waals surface area contributed by atoms with Crippen molar-refractivity contribution in [3.8, 4) is 0 Å². The zero-order chi connectivity index (χ0) is 19.0. The van der Waals surface area contributed by atoms with Gasteiger partial charge in [0.25, 0.3) is 0 Å². The van der Waals surface area contributed by atoms with Crippen molar-refractivity contribution >= 4 is 21.9 Å². The van der Waals surface area contributed by atoms with Gasteiger partial charge in [0.05, 0.1) is 49.5 Å². The Morgan fingerprint density at radius 2 is 1.83 bits per heavy atom. The van der Waals surface area contributed by atoms with Crippen LogP contribution in [0.3, 0.4) is 0 Å². The van der Waals surface area contributed by atoms with Gasteiger partial charge < -0.3 is 19.7 Å². The largest absolute Gasteiger partial charge is 0.748 e. The van der Waals surface area contributed by atoms with Crippen LogP contribution in [0.1, 0.15) is 26.7 Å². The molecule has 0 heterocycles. The summed E-state index contributed by atoms with van der Waals surface area (Å²) in [6, 6.07) is 0. The number of carbonyl (C=O) groups excluding carboxylic acids is 2. The lowest BCUT2D eigenvalue weighted by atomic mass is 10.1. The van der Waals surface area contributed by atoms with Gasteiger partial charge in [-0.15, -0.1) is 0 Å². The summed E-state index contributed by atoms with van der Waals surface area (Å²) in [5, 5.41) is 5.27. The van der Waals surface area contributed by atoms with Crippen LogP contribution in [-0.4, -0.2) is 74.3 Å². The Morgan fingerprint density at radius 3 is 2.33 bits per heavy atom. The molecule has 0 saturated carbocycles. The topological polar surface area (TPSA) is 115 Å². The Balaban J connectivity index is 4.23. The molecule has 0 aliphatic carbocycles. The molecule has 0 aliphatic rings. The van der Waals surface area contributed by atoms with Crippen LogP contribution >= 0.6 is 0 Å². The van der Waals surface area contributed by atoms with Crippen molar-refractivity contribution in [3.05, 3.63) is 12.7 Å². The third-order valence-corrected chi connectivity index (χ3v) is 4.46. The van der Waals surface area contributed by atoms with Gasteiger partial charge in [0, 0.05) is 18.5 Å². The summed E-state index contributed by atoms with van der Waals surface area (Å²) < 4.78 is 33.0. The summed E-state index contributed by atoms with van der Waals surface area (Å²) >= 11 is 0. The van der Waals surface area contributed by atoms with Gasteiger partial charge in [-0.2, -0.15) is 0 Å². The van der Waals surface area contributed by atoms with Crippen molar-refractivity contribution in [1.29, 1.82) is 0 Å². The Hall–Kier alpha value is -1.45. The molecule has 0 aliphatic heterocycles. The van der Waals surface area contributed by atoms with E-state index in [2.05, 4.69) is 17.2 Å². The molecule has 140 valence electrons. The third kappa shape index (κ3) is 12.0. The molecule has 0 atom stereocenters. The van der Waals surface area contributed by atoms with E-state index in [1.54, 1.807) is 0 Å². The molecule has 9 heteroatoms. The molecular formula is C15H29N3O5S. The second kappa shape index (κ2) is 9.14. The fourth-order valence-corrected chi connectivity index (χ4v) is 3.18. The number of carbonyl (C=O) groups is 2. The summed E-state index contributed by atoms with van der Waals surface area (Å²) in [6.45, 7) is 8.23. The van der Waals surface area contributed by atoms with Gasteiger partial charge in [-0.1, -0.05) is 6.58 Å². The number of amides is 2. The summed E-state index contributed by atoms with van der Waals surface area (Å²) in [5.41, 5.74) is -1.09. The first-order valence-electron chi connectivity index (χ1n) is 7.73. The van der Waals surface area contributed by atoms with Crippen LogP contribution in [0.5, 0.6) is 0 Å². The molecule has 0 unspecified atom stereocenters. The normalized spacial score (nSPS) is 12.5. The smallest absolute Gasteiger partial charge is 0.243 e. The van der Waals surface area contributed by atoms with Gasteiger partial charge in [0.2, 0.25) is 11.8 Å². The summed E-state index contributed by atoms with van der Waals surface area (Å²) in [5.74, 6) is -1.16. The maximum absolute atomic E-state index is 12.0. The minimum atomic E-state index is -4.41. The Morgan fingerprint density at radius 1 is 1.25 bits per heavy atom. The Bertz CT molecular complexity index is 555. The van der Waals surface area contributed by atoms with Gasteiger partial charge in [-0.05, 0) is 19.9 Å². The van der Waals surface area contributed by atoms with E-state index in [9.17, 15) is 22.6 Å². The second-order valence-electron chi connectivity index (χ2n) is 7.12. The molecule has 8 nitrogen and oxygen atoms in total. The van der Waals surface area contributed by atoms with E-state index in [-0.39, 0.29) is 18.2 Å². The standard InChI is InChI=1S/C15H29N3O5S/c1-6-13(19)16-9-7-10-18(4,5)11-8-14(20)17-15(2,3)12-24(21,22)23/h6H,1,7-12H2,2-5H3,(H2-,16,17,19,20,21,22,23). The SMILES string of the molecule is C=CC(=O)NCCC[N+](C)(C)CCC(=O)NC(C)(C)CS(=O)(=O)[O-]. The highest BCUT2D eigenvalue weighted by molar-refractivity contribution is 7.85. The van der Waals surface area contributed by atoms with E-state index in [4.69, 9.17) is 0 Å². The molecule has 0 rings (SSSR count). The number of hydrogen-bond acceptors (Lipinski definition) is 5. The zero-order valence-corrected chi connectivity index (χ0v) is 15.7. The third-order valence-electron chi connectivity index (χ3n) is 3.38. The van der Waals surface area contributed by atoms with Crippen molar-refractivity contribution in [2.45, 2.75) is 32.2 Å². The molecule has 0 spiro atoms. The molecule has 2 N–H and O–H groups in total. The minimum Gasteiger partial charge on any atom is -0.748 e. The minimum absolute atomic E-state index is 0.213. The lowest BCUT2D eigenvalue weighted by molar-refractivity contribution is -0.889. The quantitative estimate of drug-likeness (QED) is 0.224. The molecule has 0 aromatic carbocycles. The van der Waals surface area contributed by atoms with Crippen LogP contribution in [0.2, 0.25) is 0 Å². The molecule has 0 aromatic heterocycles. The van der Waals surface area contributed by atoms with E-state index in [0.717, 1.165) is 13.0 Å². The van der Waals surface area contributed by atoms with E-state index >= 15 is 0 Å². The van der Waals surface area contributed by atoms with Gasteiger partial charge in [0.1, 0.15) is 0 Å². The molecule has 0 saturated heterocycles. The molecular weight excluding hydrogens is 334 g/mol. The lowest BCUT2D eigenvalue weighted by Crippen LogP contribution is -2.50. The first kappa shape index (κ1) is 22.6. The number of quaternary nitrogens is 1. The van der Waals surface area contributed by atoms with E-state index in [1.807, 2.05) is 14.1 Å². The summed E-state index contributed by atoms with van der Waals surface area (Å²) in [7, 11) is -0.469. The maximum Gasteiger partial charge on any atom is 0.243 e. The van der Waals surface area contributed by atoms with E-state index in [0.29, 0.717) is 17.6 Å². The van der Waals surface area contributed by atoms with Gasteiger partial charge in [-0.3, -0.25) is 9.59 Å². The first-order chi connectivity index (χ1) is 10.8. The fraction of sp³-hybridized carbons (Fsp3) is 0.733. The molecule has 0 aromatic rings. The molecule has 0 bridgehead atoms. The van der Waals surface area contributed by atoms with Crippen LogP contribution < -0.4 is 10.6 Å². The highest BCUT2D eigenvalue weighted by Crippen LogP contribution is 2.07.